The average Bonchev–Trinajstić information content (AvgIpc) is 3.14. The molecule has 0 bridgehead atoms. The van der Waals surface area contributed by atoms with Crippen LogP contribution >= 0.6 is 11.8 Å². The van der Waals surface area contributed by atoms with Crippen molar-refractivity contribution in [3.05, 3.63) is 42.0 Å². The predicted octanol–water partition coefficient (Wildman–Crippen LogP) is 2.96. The number of hydrogen-bond donors (Lipinski definition) is 1. The number of nitrogens with zero attached hydrogens (tertiary/aromatic N) is 2. The normalized spacial score (nSPS) is 14.8. The molecule has 0 saturated heterocycles. The molecule has 1 saturated carbocycles. The third kappa shape index (κ3) is 2.98. The van der Waals surface area contributed by atoms with E-state index in [9.17, 15) is 4.39 Å². The Morgan fingerprint density at radius 3 is 3.00 bits per heavy atom. The smallest absolute Gasteiger partial charge is 0.172 e. The summed E-state index contributed by atoms with van der Waals surface area (Å²) in [7, 11) is 1.91. The number of halogens is 1. The van der Waals surface area contributed by atoms with E-state index in [0.29, 0.717) is 10.9 Å². The molecule has 19 heavy (non-hydrogen) atoms. The van der Waals surface area contributed by atoms with Crippen LogP contribution in [0.25, 0.3) is 0 Å². The first-order chi connectivity index (χ1) is 9.24. The van der Waals surface area contributed by atoms with E-state index in [4.69, 9.17) is 0 Å². The molecule has 2 aromatic rings. The highest BCUT2D eigenvalue weighted by atomic mass is 32.2. The SMILES string of the molecule is Cn1ccnc1Sc1c(F)cccc1CNC1CC1. The Morgan fingerprint density at radius 2 is 2.32 bits per heavy atom. The van der Waals surface area contributed by atoms with Crippen LogP contribution < -0.4 is 5.32 Å². The van der Waals surface area contributed by atoms with Gasteiger partial charge in [0.05, 0.1) is 4.90 Å². The first kappa shape index (κ1) is 12.7. The summed E-state index contributed by atoms with van der Waals surface area (Å²) in [6, 6.07) is 5.87. The van der Waals surface area contributed by atoms with Gasteiger partial charge in [-0.1, -0.05) is 12.1 Å². The fourth-order valence-electron chi connectivity index (χ4n) is 1.89. The van der Waals surface area contributed by atoms with Gasteiger partial charge in [-0.25, -0.2) is 9.37 Å². The van der Waals surface area contributed by atoms with Gasteiger partial charge in [0.1, 0.15) is 5.82 Å². The summed E-state index contributed by atoms with van der Waals surface area (Å²) >= 11 is 1.38. The van der Waals surface area contributed by atoms with Crippen LogP contribution in [0, 0.1) is 5.82 Å². The zero-order valence-corrected chi connectivity index (χ0v) is 11.6. The van der Waals surface area contributed by atoms with Crippen LogP contribution in [0.1, 0.15) is 18.4 Å². The highest BCUT2D eigenvalue weighted by molar-refractivity contribution is 7.99. The number of imidazole rings is 1. The lowest BCUT2D eigenvalue weighted by molar-refractivity contribution is 0.588. The summed E-state index contributed by atoms with van der Waals surface area (Å²) in [4.78, 5) is 4.91. The molecular weight excluding hydrogens is 261 g/mol. The van der Waals surface area contributed by atoms with E-state index in [-0.39, 0.29) is 5.82 Å². The van der Waals surface area contributed by atoms with Crippen molar-refractivity contribution < 1.29 is 4.39 Å². The molecule has 0 amide bonds. The highest BCUT2D eigenvalue weighted by Gasteiger charge is 2.21. The molecule has 1 N–H and O–H groups in total. The monoisotopic (exact) mass is 277 g/mol. The van der Waals surface area contributed by atoms with Gasteiger partial charge in [0.25, 0.3) is 0 Å². The molecule has 3 nitrogen and oxygen atoms in total. The van der Waals surface area contributed by atoms with Gasteiger partial charge >= 0.3 is 0 Å². The maximum atomic E-state index is 14.0. The molecule has 1 fully saturated rings. The third-order valence-corrected chi connectivity index (χ3v) is 4.41. The summed E-state index contributed by atoms with van der Waals surface area (Å²) in [5, 5.41) is 4.23. The Hall–Kier alpha value is -1.33. The van der Waals surface area contributed by atoms with Gasteiger partial charge in [0, 0.05) is 32.0 Å². The second kappa shape index (κ2) is 5.35. The van der Waals surface area contributed by atoms with Gasteiger partial charge in [-0.2, -0.15) is 0 Å². The van der Waals surface area contributed by atoms with E-state index in [2.05, 4.69) is 10.3 Å². The lowest BCUT2D eigenvalue weighted by Crippen LogP contribution is -2.16. The Morgan fingerprint density at radius 1 is 1.47 bits per heavy atom. The van der Waals surface area contributed by atoms with Crippen LogP contribution in [-0.4, -0.2) is 15.6 Å². The van der Waals surface area contributed by atoms with Crippen LogP contribution in [0.2, 0.25) is 0 Å². The zero-order valence-electron chi connectivity index (χ0n) is 10.8. The summed E-state index contributed by atoms with van der Waals surface area (Å²) < 4.78 is 15.9. The number of benzene rings is 1. The molecule has 1 heterocycles. The Kier molecular flexibility index (Phi) is 3.57. The lowest BCUT2D eigenvalue weighted by atomic mass is 10.2. The van der Waals surface area contributed by atoms with Gasteiger partial charge in [0.15, 0.2) is 5.16 Å². The van der Waals surface area contributed by atoms with Gasteiger partial charge in [-0.15, -0.1) is 0 Å². The van der Waals surface area contributed by atoms with Crippen molar-refractivity contribution >= 4 is 11.8 Å². The summed E-state index contributed by atoms with van der Waals surface area (Å²) in [6.45, 7) is 0.717. The Labute approximate surface area is 116 Å². The largest absolute Gasteiger partial charge is 0.329 e. The molecule has 100 valence electrons. The van der Waals surface area contributed by atoms with Gasteiger partial charge in [-0.3, -0.25) is 0 Å². The second-order valence-electron chi connectivity index (χ2n) is 4.81. The Balaban J connectivity index is 1.83. The van der Waals surface area contributed by atoms with Crippen LogP contribution in [-0.2, 0) is 13.6 Å². The summed E-state index contributed by atoms with van der Waals surface area (Å²) in [5.74, 6) is -0.178. The van der Waals surface area contributed by atoms with Crippen LogP contribution in [0.3, 0.4) is 0 Å². The number of nitrogens with one attached hydrogen (secondary N) is 1. The average molecular weight is 277 g/mol. The maximum absolute atomic E-state index is 14.0. The Bertz CT molecular complexity index is 578. The van der Waals surface area contributed by atoms with Crippen molar-refractivity contribution in [1.29, 1.82) is 0 Å². The molecule has 1 aromatic heterocycles. The van der Waals surface area contributed by atoms with E-state index in [1.54, 1.807) is 12.3 Å². The van der Waals surface area contributed by atoms with Crippen LogP contribution in [0.4, 0.5) is 4.39 Å². The van der Waals surface area contributed by atoms with Crippen LogP contribution in [0.15, 0.2) is 40.6 Å². The topological polar surface area (TPSA) is 29.9 Å². The van der Waals surface area contributed by atoms with E-state index < -0.39 is 0 Å². The van der Waals surface area contributed by atoms with E-state index in [1.165, 1.54) is 30.7 Å². The lowest BCUT2D eigenvalue weighted by Gasteiger charge is -2.10. The number of hydrogen-bond acceptors (Lipinski definition) is 3. The minimum atomic E-state index is -0.178. The zero-order chi connectivity index (χ0) is 13.2. The number of aromatic nitrogens is 2. The van der Waals surface area contributed by atoms with Gasteiger partial charge in [0.2, 0.25) is 0 Å². The van der Waals surface area contributed by atoms with E-state index >= 15 is 0 Å². The van der Waals surface area contributed by atoms with Crippen LogP contribution in [0.5, 0.6) is 0 Å². The molecule has 1 aliphatic rings. The summed E-state index contributed by atoms with van der Waals surface area (Å²) in [6.07, 6.45) is 6.06. The standard InChI is InChI=1S/C14H16FN3S/c1-18-8-7-16-14(18)19-13-10(3-2-4-12(13)15)9-17-11-5-6-11/h2-4,7-8,11,17H,5-6,9H2,1H3. The molecular formula is C14H16FN3S. The van der Waals surface area contributed by atoms with Crippen molar-refractivity contribution in [3.8, 4) is 0 Å². The van der Waals surface area contributed by atoms with Crippen molar-refractivity contribution in [2.75, 3.05) is 0 Å². The molecule has 0 spiro atoms. The third-order valence-electron chi connectivity index (χ3n) is 3.18. The molecule has 1 aliphatic carbocycles. The predicted molar refractivity (Wildman–Crippen MR) is 73.6 cm³/mol. The molecule has 0 radical (unpaired) electrons. The minimum Gasteiger partial charge on any atom is -0.329 e. The van der Waals surface area contributed by atoms with E-state index in [0.717, 1.165) is 17.3 Å². The second-order valence-corrected chi connectivity index (χ2v) is 5.78. The van der Waals surface area contributed by atoms with Gasteiger partial charge in [-0.05, 0) is 36.2 Å². The molecule has 0 unspecified atom stereocenters. The highest BCUT2D eigenvalue weighted by Crippen LogP contribution is 2.32. The van der Waals surface area contributed by atoms with E-state index in [1.807, 2.05) is 23.9 Å². The van der Waals surface area contributed by atoms with Crippen molar-refractivity contribution in [1.82, 2.24) is 14.9 Å². The number of aryl methyl sites for hydroxylation is 1. The van der Waals surface area contributed by atoms with Gasteiger partial charge < -0.3 is 9.88 Å². The minimum absolute atomic E-state index is 0.178. The number of rotatable bonds is 5. The quantitative estimate of drug-likeness (QED) is 0.911. The summed E-state index contributed by atoms with van der Waals surface area (Å²) in [5.41, 5.74) is 1.000. The first-order valence-electron chi connectivity index (χ1n) is 6.40. The first-order valence-corrected chi connectivity index (χ1v) is 7.21. The molecule has 5 heteroatoms. The van der Waals surface area contributed by atoms with Crippen molar-refractivity contribution in [2.45, 2.75) is 35.5 Å². The van der Waals surface area contributed by atoms with Crippen molar-refractivity contribution in [3.63, 3.8) is 0 Å². The fraction of sp³-hybridized carbons (Fsp3) is 0.357. The maximum Gasteiger partial charge on any atom is 0.172 e. The molecule has 3 rings (SSSR count). The molecule has 0 aliphatic heterocycles. The fourth-order valence-corrected chi connectivity index (χ4v) is 2.83. The van der Waals surface area contributed by atoms with Crippen molar-refractivity contribution in [2.24, 2.45) is 7.05 Å². The molecule has 0 atom stereocenters. The molecule has 1 aromatic carbocycles.